The smallest absolute Gasteiger partial charge is 0.248 e. The zero-order chi connectivity index (χ0) is 56.2. The van der Waals surface area contributed by atoms with Gasteiger partial charge in [-0.05, 0) is 112 Å². The second kappa shape index (κ2) is 21.8. The summed E-state index contributed by atoms with van der Waals surface area (Å²) in [6.07, 6.45) is 17.9. The number of hydrogen-bond donors (Lipinski definition) is 3. The van der Waals surface area contributed by atoms with Crippen LogP contribution in [0.5, 0.6) is 17.5 Å². The summed E-state index contributed by atoms with van der Waals surface area (Å²) in [5.74, 6) is 1.63. The minimum absolute atomic E-state index is 0.0383. The largest absolute Gasteiger partial charge is 0.477 e. The molecular formula is C59H65ClN14O6S. The normalized spacial score (nSPS) is 21.4. The number of carbonyl (C=O) groups excluding carboxylic acids is 2. The zero-order valence-electron chi connectivity index (χ0n) is 45.8. The van der Waals surface area contributed by atoms with Gasteiger partial charge in [0.2, 0.25) is 23.6 Å². The first kappa shape index (κ1) is 54.2. The Hall–Kier alpha value is -7.38. The number of aliphatic hydroxyl groups excluding tert-OH is 1. The molecule has 22 heteroatoms. The number of aryl methyl sites for hydroxylation is 1. The molecule has 0 unspecified atom stereocenters. The van der Waals surface area contributed by atoms with E-state index in [1.165, 1.54) is 22.6 Å². The summed E-state index contributed by atoms with van der Waals surface area (Å²) in [5, 5.41) is 39.3. The number of thiophene rings is 1. The van der Waals surface area contributed by atoms with Gasteiger partial charge in [0.05, 0.1) is 58.9 Å². The number of fused-ring (bicyclic) bond motifs is 4. The number of nitrogen functional groups attached to an aromatic ring is 1. The van der Waals surface area contributed by atoms with Crippen LogP contribution in [0.3, 0.4) is 0 Å². The van der Waals surface area contributed by atoms with Crippen LogP contribution in [0.15, 0.2) is 78.2 Å². The van der Waals surface area contributed by atoms with Gasteiger partial charge in [-0.1, -0.05) is 67.0 Å². The Morgan fingerprint density at radius 3 is 2.51 bits per heavy atom. The third-order valence-electron chi connectivity index (χ3n) is 17.1. The zero-order valence-corrected chi connectivity index (χ0v) is 47.4. The first-order valence-electron chi connectivity index (χ1n) is 28.0. The van der Waals surface area contributed by atoms with Crippen molar-refractivity contribution in [2.45, 2.75) is 134 Å². The molecule has 5 aliphatic rings. The second-order valence-electron chi connectivity index (χ2n) is 23.8. The van der Waals surface area contributed by atoms with Gasteiger partial charge in [-0.2, -0.15) is 15.2 Å². The average Bonchev–Trinajstić information content (AvgIpc) is 3.31. The SMILES string of the molecule is C[C@H](NC(=O)[C@@H]1C[C@@H](O)CN1C(=O)[C@@H](n1cc(C2CCN(CC3(COc4cc(Oc5cncnc5)nc(-c5noc6c5CCC[C@@]65CCCc6sc(N)c(C#N)c65)n4)CC3)CC2)nn1)C(C)(C)C)c1ccc(-c2ccncc2Cl)cc1. The summed E-state index contributed by atoms with van der Waals surface area (Å²) in [7, 11) is 0. The number of likely N-dealkylation sites (tertiary alicyclic amines) is 2. The lowest BCUT2D eigenvalue weighted by atomic mass is 9.63. The van der Waals surface area contributed by atoms with Crippen molar-refractivity contribution in [3.63, 3.8) is 0 Å². The Labute approximate surface area is 478 Å². The number of amides is 2. The number of nitrogens with one attached hydrogen (secondary N) is 1. The van der Waals surface area contributed by atoms with Gasteiger partial charge < -0.3 is 40.0 Å². The van der Waals surface area contributed by atoms with Crippen molar-refractivity contribution in [3.8, 4) is 46.2 Å². The van der Waals surface area contributed by atoms with Crippen LogP contribution in [0, 0.1) is 22.2 Å². The summed E-state index contributed by atoms with van der Waals surface area (Å²) in [5.41, 5.74) is 11.8. The van der Waals surface area contributed by atoms with Crippen molar-refractivity contribution < 1.29 is 28.7 Å². The lowest BCUT2D eigenvalue weighted by Crippen LogP contribution is -2.50. The molecule has 0 radical (unpaired) electrons. The highest BCUT2D eigenvalue weighted by Crippen LogP contribution is 2.55. The number of β-amino-alcohol motifs (C(OH)–C–C–N with tert-alkyl or cyclic N) is 1. The third-order valence-corrected chi connectivity index (χ3v) is 18.5. The summed E-state index contributed by atoms with van der Waals surface area (Å²) in [6, 6.07) is 11.7. The molecule has 1 saturated carbocycles. The highest BCUT2D eigenvalue weighted by atomic mass is 35.5. The lowest BCUT2D eigenvalue weighted by Gasteiger charge is -2.39. The minimum Gasteiger partial charge on any atom is -0.477 e. The molecule has 4 N–H and O–H groups in total. The van der Waals surface area contributed by atoms with Crippen LogP contribution >= 0.6 is 22.9 Å². The third kappa shape index (κ3) is 10.7. The highest BCUT2D eigenvalue weighted by molar-refractivity contribution is 7.16. The van der Waals surface area contributed by atoms with E-state index in [0.717, 1.165) is 128 Å². The Morgan fingerprint density at radius 1 is 1.02 bits per heavy atom. The van der Waals surface area contributed by atoms with Crippen LogP contribution in [0.2, 0.25) is 5.02 Å². The summed E-state index contributed by atoms with van der Waals surface area (Å²) >= 11 is 7.90. The maximum atomic E-state index is 14.7. The van der Waals surface area contributed by atoms with Gasteiger partial charge >= 0.3 is 0 Å². The predicted octanol–water partition coefficient (Wildman–Crippen LogP) is 8.96. The molecule has 1 spiro atoms. The number of pyridine rings is 1. The summed E-state index contributed by atoms with van der Waals surface area (Å²) in [6.45, 7) is 10.9. The highest BCUT2D eigenvalue weighted by Gasteiger charge is 2.50. The Kier molecular flexibility index (Phi) is 14.6. The number of rotatable bonds is 15. The number of hydrogen-bond acceptors (Lipinski definition) is 18. The van der Waals surface area contributed by atoms with Crippen LogP contribution in [-0.4, -0.2) is 117 Å². The average molecular weight is 1130 g/mol. The van der Waals surface area contributed by atoms with Crippen LogP contribution in [0.25, 0.3) is 22.6 Å². The van der Waals surface area contributed by atoms with Crippen LogP contribution in [0.1, 0.15) is 142 Å². The van der Waals surface area contributed by atoms with E-state index < -0.39 is 29.0 Å². The fraction of sp³-hybridized carbons (Fsp3) is 0.475. The van der Waals surface area contributed by atoms with Crippen LogP contribution < -0.4 is 20.5 Å². The first-order valence-corrected chi connectivity index (χ1v) is 29.2. The van der Waals surface area contributed by atoms with Crippen molar-refractivity contribution in [2.24, 2.45) is 10.8 Å². The molecule has 2 amide bonds. The van der Waals surface area contributed by atoms with E-state index in [9.17, 15) is 20.0 Å². The topological polar surface area (TPSA) is 262 Å². The number of nitrogens with two attached hydrogens (primary N) is 1. The molecule has 2 aliphatic heterocycles. The molecule has 3 fully saturated rings. The Bertz CT molecular complexity index is 3510. The number of piperidine rings is 1. The molecule has 2 saturated heterocycles. The Balaban J connectivity index is 0.694. The molecular weight excluding hydrogens is 1070 g/mol. The van der Waals surface area contributed by atoms with Crippen molar-refractivity contribution in [1.82, 2.24) is 60.2 Å². The van der Waals surface area contributed by atoms with Crippen LogP contribution in [-0.2, 0) is 27.8 Å². The molecule has 12 rings (SSSR count). The molecule has 81 heavy (non-hydrogen) atoms. The van der Waals surface area contributed by atoms with E-state index in [0.29, 0.717) is 45.3 Å². The van der Waals surface area contributed by atoms with Crippen molar-refractivity contribution in [2.75, 3.05) is 38.5 Å². The number of nitriles is 1. The molecule has 6 aromatic heterocycles. The lowest BCUT2D eigenvalue weighted by molar-refractivity contribution is -0.144. The molecule has 3 aliphatic carbocycles. The Morgan fingerprint density at radius 2 is 1.78 bits per heavy atom. The number of benzene rings is 1. The molecule has 7 aromatic rings. The van der Waals surface area contributed by atoms with E-state index in [-0.39, 0.29) is 48.0 Å². The van der Waals surface area contributed by atoms with Crippen LogP contribution in [0.4, 0.5) is 5.00 Å². The molecule has 420 valence electrons. The van der Waals surface area contributed by atoms with Gasteiger partial charge in [-0.3, -0.25) is 14.6 Å². The maximum Gasteiger partial charge on any atom is 0.248 e. The van der Waals surface area contributed by atoms with E-state index in [1.807, 2.05) is 64.2 Å². The van der Waals surface area contributed by atoms with Gasteiger partial charge in [0, 0.05) is 65.4 Å². The fourth-order valence-electron chi connectivity index (χ4n) is 12.8. The molecule has 0 bridgehead atoms. The maximum absolute atomic E-state index is 14.7. The minimum atomic E-state index is -0.862. The van der Waals surface area contributed by atoms with Crippen molar-refractivity contribution in [3.05, 3.63) is 117 Å². The van der Waals surface area contributed by atoms with E-state index in [4.69, 9.17) is 41.3 Å². The number of ether oxygens (including phenoxy) is 2. The fourth-order valence-corrected chi connectivity index (χ4v) is 14.2. The van der Waals surface area contributed by atoms with E-state index in [1.54, 1.807) is 35.5 Å². The van der Waals surface area contributed by atoms with Gasteiger partial charge in [-0.25, -0.2) is 14.6 Å². The van der Waals surface area contributed by atoms with Crippen molar-refractivity contribution >= 4 is 39.8 Å². The standard InChI is InChI=1S/C59H65ClN14O6S/c1-34(35-9-11-36(12-10-35)40-13-20-63-28-43(40)60)66-55(76)45-23-38(75)29-73(45)56(77)51(57(2,3)4)74-30-44(69-71-74)37-14-21-72(22-15-37)31-58(18-19-58)32-78-47-24-48(79-39-26-64-33-65-27-39)68-54(67-47)50-41-7-5-16-59(52(41)80-70-50)17-6-8-46-49(59)42(25-61)53(62)81-46/h9-13,20,24,26-28,30,33-34,37-38,45,51,75H,5-8,14-19,21-23,29,31-32,62H2,1-4H3,(H,66,76)/t34-,38+,45-,51+,59-/m0/s1. The van der Waals surface area contributed by atoms with Gasteiger partial charge in [0.1, 0.15) is 29.5 Å². The van der Waals surface area contributed by atoms with Crippen molar-refractivity contribution in [1.29, 1.82) is 5.26 Å². The monoisotopic (exact) mass is 1130 g/mol. The number of halogens is 1. The molecule has 8 heterocycles. The number of anilines is 1. The van der Waals surface area contributed by atoms with E-state index >= 15 is 0 Å². The van der Waals surface area contributed by atoms with Gasteiger partial charge in [0.25, 0.3) is 0 Å². The summed E-state index contributed by atoms with van der Waals surface area (Å²) in [4.78, 5) is 56.0. The molecule has 1 aromatic carbocycles. The second-order valence-corrected chi connectivity index (χ2v) is 25.3. The predicted molar refractivity (Wildman–Crippen MR) is 301 cm³/mol. The summed E-state index contributed by atoms with van der Waals surface area (Å²) < 4.78 is 20.8. The quantitative estimate of drug-likeness (QED) is 0.0865. The molecule has 5 atom stereocenters. The number of nitrogens with zero attached hydrogens (tertiary/aromatic N) is 12. The first-order chi connectivity index (χ1) is 39.1. The molecule has 20 nitrogen and oxygen atoms in total. The van der Waals surface area contributed by atoms with Gasteiger partial charge in [0.15, 0.2) is 23.0 Å². The number of aliphatic hydroxyl groups is 1. The number of aromatic nitrogens is 9. The van der Waals surface area contributed by atoms with Gasteiger partial charge in [-0.15, -0.1) is 16.4 Å². The van der Waals surface area contributed by atoms with E-state index in [2.05, 4.69) is 46.7 Å². The number of carbonyl (C=O) groups is 2.